The smallest absolute Gasteiger partial charge is 0.334 e. The number of esters is 1. The molecule has 0 spiro atoms. The summed E-state index contributed by atoms with van der Waals surface area (Å²) < 4.78 is 5.14. The zero-order valence-electron chi connectivity index (χ0n) is 26.1. The minimum Gasteiger partial charge on any atom is -0.455 e. The molecule has 4 heteroatoms. The third-order valence-electron chi connectivity index (χ3n) is 8.48. The summed E-state index contributed by atoms with van der Waals surface area (Å²) >= 11 is 0. The average Bonchev–Trinajstić information content (AvgIpc) is 3.25. The fraction of sp³-hybridized carbons (Fsp3) is 0.914. The number of hydrogen-bond acceptors (Lipinski definition) is 4. The maximum atomic E-state index is 11.6. The van der Waals surface area contributed by atoms with Gasteiger partial charge in [0.05, 0.1) is 12.2 Å². The van der Waals surface area contributed by atoms with Gasteiger partial charge >= 0.3 is 5.97 Å². The highest BCUT2D eigenvalue weighted by Crippen LogP contribution is 2.20. The van der Waals surface area contributed by atoms with Gasteiger partial charge in [-0.2, -0.15) is 0 Å². The Bertz CT molecular complexity index is 587. The van der Waals surface area contributed by atoms with Gasteiger partial charge in [0, 0.05) is 5.57 Å². The van der Waals surface area contributed by atoms with Crippen LogP contribution >= 0.6 is 0 Å². The van der Waals surface area contributed by atoms with Crippen molar-refractivity contribution in [1.29, 1.82) is 0 Å². The Morgan fingerprint density at radius 1 is 0.590 bits per heavy atom. The Labute approximate surface area is 242 Å². The first-order valence-corrected chi connectivity index (χ1v) is 17.3. The van der Waals surface area contributed by atoms with Crippen LogP contribution in [-0.4, -0.2) is 34.5 Å². The molecule has 0 aromatic carbocycles. The number of rotatable bonds is 29. The number of aliphatic hydroxyl groups is 2. The lowest BCUT2D eigenvalue weighted by Crippen LogP contribution is -2.25. The molecule has 0 radical (unpaired) electrons. The van der Waals surface area contributed by atoms with Gasteiger partial charge < -0.3 is 14.9 Å². The molecule has 0 fully saturated rings. The van der Waals surface area contributed by atoms with Crippen molar-refractivity contribution in [3.63, 3.8) is 0 Å². The fourth-order valence-corrected chi connectivity index (χ4v) is 5.83. The third-order valence-corrected chi connectivity index (χ3v) is 8.48. The Hall–Kier alpha value is -0.870. The summed E-state index contributed by atoms with van der Waals surface area (Å²) in [4.78, 5) is 11.6. The van der Waals surface area contributed by atoms with E-state index in [1.807, 2.05) is 13.0 Å². The average molecular weight is 551 g/mol. The van der Waals surface area contributed by atoms with E-state index in [-0.39, 0.29) is 12.1 Å². The Morgan fingerprint density at radius 3 is 1.26 bits per heavy atom. The number of cyclic esters (lactones) is 1. The topological polar surface area (TPSA) is 66.8 Å². The number of carbonyl (C=O) groups is 1. The van der Waals surface area contributed by atoms with Crippen LogP contribution in [0, 0.1) is 0 Å². The molecular formula is C35H66O4. The van der Waals surface area contributed by atoms with E-state index in [2.05, 4.69) is 6.92 Å². The Morgan fingerprint density at radius 2 is 0.923 bits per heavy atom. The van der Waals surface area contributed by atoms with Crippen LogP contribution in [0.2, 0.25) is 0 Å². The summed E-state index contributed by atoms with van der Waals surface area (Å²) in [5, 5.41) is 20.5. The number of unbranched alkanes of at least 4 members (excludes halogenated alkanes) is 22. The van der Waals surface area contributed by atoms with E-state index < -0.39 is 12.2 Å². The van der Waals surface area contributed by atoms with Crippen LogP contribution in [0.25, 0.3) is 0 Å². The number of carbonyl (C=O) groups excluding carboxylic acids is 1. The molecule has 230 valence electrons. The van der Waals surface area contributed by atoms with Gasteiger partial charge in [0.25, 0.3) is 0 Å². The molecule has 1 aliphatic heterocycles. The van der Waals surface area contributed by atoms with Crippen LogP contribution in [-0.2, 0) is 9.53 Å². The molecule has 1 rings (SSSR count). The van der Waals surface area contributed by atoms with Crippen LogP contribution < -0.4 is 0 Å². The van der Waals surface area contributed by atoms with Crippen molar-refractivity contribution in [3.8, 4) is 0 Å². The Kier molecular flexibility index (Phi) is 24.2. The summed E-state index contributed by atoms with van der Waals surface area (Å²) in [6.07, 6.45) is 34.1. The lowest BCUT2D eigenvalue weighted by Gasteiger charge is -2.17. The van der Waals surface area contributed by atoms with Crippen molar-refractivity contribution in [1.82, 2.24) is 0 Å². The van der Waals surface area contributed by atoms with Crippen LogP contribution in [0.1, 0.15) is 187 Å². The molecule has 0 saturated heterocycles. The molecule has 0 bridgehead atoms. The molecule has 0 aromatic rings. The molecular weight excluding hydrogens is 484 g/mol. The standard InChI is InChI=1S/C35H66O4/c1-3-4-5-6-7-8-9-13-16-19-22-25-28-33(36)34(37)29-26-23-20-17-14-11-10-12-15-18-21-24-27-32-30-31(2)39-35(32)38/h30-31,33-34,36-37H,3-29H2,1-2H3/t31-,33-,34-/m1/s1. The van der Waals surface area contributed by atoms with E-state index in [0.717, 1.165) is 44.1 Å². The van der Waals surface area contributed by atoms with Crippen molar-refractivity contribution in [3.05, 3.63) is 11.6 Å². The van der Waals surface area contributed by atoms with Gasteiger partial charge in [-0.15, -0.1) is 0 Å². The largest absolute Gasteiger partial charge is 0.455 e. The Balaban J connectivity index is 1.77. The maximum Gasteiger partial charge on any atom is 0.334 e. The van der Waals surface area contributed by atoms with Crippen molar-refractivity contribution in [2.75, 3.05) is 0 Å². The second-order valence-corrected chi connectivity index (χ2v) is 12.4. The predicted molar refractivity (Wildman–Crippen MR) is 166 cm³/mol. The monoisotopic (exact) mass is 550 g/mol. The van der Waals surface area contributed by atoms with Gasteiger partial charge in [-0.05, 0) is 38.7 Å². The normalized spacial score (nSPS) is 16.9. The fourth-order valence-electron chi connectivity index (χ4n) is 5.83. The molecule has 0 amide bonds. The molecule has 0 unspecified atom stereocenters. The predicted octanol–water partition coefficient (Wildman–Crippen LogP) is 10.1. The van der Waals surface area contributed by atoms with Crippen molar-refractivity contribution in [2.24, 2.45) is 0 Å². The summed E-state index contributed by atoms with van der Waals surface area (Å²) in [7, 11) is 0. The summed E-state index contributed by atoms with van der Waals surface area (Å²) in [5.74, 6) is -0.110. The third kappa shape index (κ3) is 21.5. The molecule has 1 heterocycles. The van der Waals surface area contributed by atoms with E-state index >= 15 is 0 Å². The van der Waals surface area contributed by atoms with Crippen LogP contribution in [0.15, 0.2) is 11.6 Å². The maximum absolute atomic E-state index is 11.6. The highest BCUT2D eigenvalue weighted by Gasteiger charge is 2.21. The van der Waals surface area contributed by atoms with E-state index in [9.17, 15) is 15.0 Å². The summed E-state index contributed by atoms with van der Waals surface area (Å²) in [6, 6.07) is 0. The van der Waals surface area contributed by atoms with Gasteiger partial charge in [-0.3, -0.25) is 0 Å². The minimum absolute atomic E-state index is 0.0363. The van der Waals surface area contributed by atoms with Gasteiger partial charge in [0.15, 0.2) is 0 Å². The molecule has 4 nitrogen and oxygen atoms in total. The molecule has 3 atom stereocenters. The van der Waals surface area contributed by atoms with Crippen molar-refractivity contribution < 1.29 is 19.7 Å². The number of aliphatic hydroxyl groups excluding tert-OH is 2. The number of hydrogen-bond donors (Lipinski definition) is 2. The van der Waals surface area contributed by atoms with Gasteiger partial charge in [-0.25, -0.2) is 4.79 Å². The molecule has 2 N–H and O–H groups in total. The lowest BCUT2D eigenvalue weighted by atomic mass is 9.99. The van der Waals surface area contributed by atoms with Crippen LogP contribution in [0.4, 0.5) is 0 Å². The lowest BCUT2D eigenvalue weighted by molar-refractivity contribution is -0.139. The first kappa shape index (κ1) is 36.2. The highest BCUT2D eigenvalue weighted by molar-refractivity contribution is 5.90. The molecule has 0 aromatic heterocycles. The minimum atomic E-state index is -0.537. The second kappa shape index (κ2) is 26.1. The van der Waals surface area contributed by atoms with Gasteiger partial charge in [0.2, 0.25) is 0 Å². The van der Waals surface area contributed by atoms with E-state index in [0.29, 0.717) is 0 Å². The zero-order valence-corrected chi connectivity index (χ0v) is 26.1. The molecule has 1 aliphatic rings. The van der Waals surface area contributed by atoms with Crippen molar-refractivity contribution in [2.45, 2.75) is 206 Å². The molecule has 0 aliphatic carbocycles. The number of ether oxygens (including phenoxy) is 1. The quantitative estimate of drug-likeness (QED) is 0.0718. The van der Waals surface area contributed by atoms with E-state index in [1.165, 1.54) is 135 Å². The van der Waals surface area contributed by atoms with Crippen LogP contribution in [0.3, 0.4) is 0 Å². The first-order valence-electron chi connectivity index (χ1n) is 17.3. The van der Waals surface area contributed by atoms with E-state index in [4.69, 9.17) is 4.74 Å². The molecule has 39 heavy (non-hydrogen) atoms. The SMILES string of the molecule is CCCCCCCCCCCCCC[C@@H](O)[C@H](O)CCCCCCCCCCCCCCC1=C[C@@H](C)OC1=O. The molecule has 0 saturated carbocycles. The van der Waals surface area contributed by atoms with Gasteiger partial charge in [0.1, 0.15) is 6.10 Å². The zero-order chi connectivity index (χ0) is 28.4. The second-order valence-electron chi connectivity index (χ2n) is 12.4. The van der Waals surface area contributed by atoms with E-state index in [1.54, 1.807) is 0 Å². The van der Waals surface area contributed by atoms with Gasteiger partial charge in [-0.1, -0.05) is 155 Å². The first-order chi connectivity index (χ1) is 19.0. The summed E-state index contributed by atoms with van der Waals surface area (Å²) in [6.45, 7) is 4.19. The van der Waals surface area contributed by atoms with Crippen LogP contribution in [0.5, 0.6) is 0 Å². The summed E-state index contributed by atoms with van der Waals surface area (Å²) in [5.41, 5.74) is 0.878. The van der Waals surface area contributed by atoms with Crippen molar-refractivity contribution >= 4 is 5.97 Å². The highest BCUT2D eigenvalue weighted by atomic mass is 16.5.